The molecule has 0 radical (unpaired) electrons. The summed E-state index contributed by atoms with van der Waals surface area (Å²) >= 11 is 0. The molecular weight excluding hydrogens is 487 g/mol. The summed E-state index contributed by atoms with van der Waals surface area (Å²) in [7, 11) is 0. The minimum Gasteiger partial charge on any atom is -0.392 e. The molecule has 3 heterocycles. The zero-order valence-corrected chi connectivity index (χ0v) is 20.9. The molecule has 1 aliphatic heterocycles. The van der Waals surface area contributed by atoms with Gasteiger partial charge in [-0.15, -0.1) is 0 Å². The number of aliphatic hydroxyl groups is 1. The van der Waals surface area contributed by atoms with Crippen molar-refractivity contribution in [2.75, 3.05) is 22.5 Å². The van der Waals surface area contributed by atoms with Gasteiger partial charge in [0.2, 0.25) is 11.9 Å². The van der Waals surface area contributed by atoms with Crippen molar-refractivity contribution in [3.05, 3.63) is 70.8 Å². The normalized spacial score (nSPS) is 15.0. The second kappa shape index (κ2) is 9.49. The van der Waals surface area contributed by atoms with Crippen molar-refractivity contribution in [3.8, 4) is 11.4 Å². The number of rotatable bonds is 7. The number of fused-ring (bicyclic) bond motifs is 1. The number of nitrogen functional groups attached to an aromatic ring is 1. The van der Waals surface area contributed by atoms with E-state index in [0.29, 0.717) is 47.9 Å². The van der Waals surface area contributed by atoms with Gasteiger partial charge in [-0.3, -0.25) is 9.48 Å². The third kappa shape index (κ3) is 4.34. The van der Waals surface area contributed by atoms with Gasteiger partial charge in [-0.05, 0) is 55.4 Å². The highest BCUT2D eigenvalue weighted by molar-refractivity contribution is 6.09. The van der Waals surface area contributed by atoms with Crippen molar-refractivity contribution >= 4 is 29.2 Å². The van der Waals surface area contributed by atoms with Crippen molar-refractivity contribution in [2.24, 2.45) is 0 Å². The van der Waals surface area contributed by atoms with E-state index in [1.54, 1.807) is 29.1 Å². The molecule has 6 rings (SSSR count). The number of nitrogens with zero attached hydrogens (tertiary/aromatic N) is 6. The van der Waals surface area contributed by atoms with Crippen molar-refractivity contribution in [2.45, 2.75) is 45.3 Å². The number of aliphatic hydroxyl groups excluding tert-OH is 1. The first kappa shape index (κ1) is 24.0. The van der Waals surface area contributed by atoms with Gasteiger partial charge >= 0.3 is 0 Å². The van der Waals surface area contributed by atoms with Gasteiger partial charge in [0, 0.05) is 30.4 Å². The molecule has 2 aromatic heterocycles. The van der Waals surface area contributed by atoms with E-state index >= 15 is 4.39 Å². The van der Waals surface area contributed by atoms with Crippen LogP contribution in [0.25, 0.3) is 11.4 Å². The van der Waals surface area contributed by atoms with Crippen LogP contribution in [0.1, 0.15) is 52.7 Å². The maximum absolute atomic E-state index is 15.1. The molecule has 1 fully saturated rings. The molecule has 10 nitrogen and oxygen atoms in total. The predicted molar refractivity (Wildman–Crippen MR) is 141 cm³/mol. The summed E-state index contributed by atoms with van der Waals surface area (Å²) in [6, 6.07) is 8.69. The van der Waals surface area contributed by atoms with Crippen LogP contribution in [0.15, 0.2) is 42.7 Å². The molecule has 38 heavy (non-hydrogen) atoms. The number of carbonyl (C=O) groups excluding carboxylic acids is 1. The number of nitrogens with one attached hydrogen (secondary N) is 1. The van der Waals surface area contributed by atoms with Gasteiger partial charge in [-0.2, -0.15) is 20.1 Å². The van der Waals surface area contributed by atoms with Gasteiger partial charge in [0.05, 0.1) is 29.7 Å². The fourth-order valence-electron chi connectivity index (χ4n) is 4.98. The van der Waals surface area contributed by atoms with E-state index in [9.17, 15) is 9.90 Å². The molecule has 0 spiro atoms. The number of aromatic nitrogens is 5. The lowest BCUT2D eigenvalue weighted by Gasteiger charge is -2.31. The molecule has 194 valence electrons. The molecule has 2 aliphatic rings. The van der Waals surface area contributed by atoms with Crippen LogP contribution >= 0.6 is 0 Å². The number of amides is 1. The van der Waals surface area contributed by atoms with E-state index in [4.69, 9.17) is 5.73 Å². The molecule has 1 amide bonds. The largest absolute Gasteiger partial charge is 0.392 e. The number of halogens is 1. The zero-order valence-electron chi connectivity index (χ0n) is 20.9. The minimum atomic E-state index is -0.492. The Morgan fingerprint density at radius 1 is 1.21 bits per heavy atom. The van der Waals surface area contributed by atoms with Crippen LogP contribution in [0.2, 0.25) is 0 Å². The molecule has 0 saturated heterocycles. The molecular formula is C27H27FN8O2. The Hall–Kier alpha value is -4.38. The molecule has 11 heteroatoms. The first-order valence-electron chi connectivity index (χ1n) is 12.6. The van der Waals surface area contributed by atoms with E-state index in [0.717, 1.165) is 24.0 Å². The average molecular weight is 515 g/mol. The number of hydrogen-bond acceptors (Lipinski definition) is 8. The summed E-state index contributed by atoms with van der Waals surface area (Å²) in [4.78, 5) is 28.0. The number of nitrogens with two attached hydrogens (primary N) is 1. The lowest BCUT2D eigenvalue weighted by Crippen LogP contribution is -2.39. The van der Waals surface area contributed by atoms with Crippen LogP contribution in [-0.2, 0) is 19.6 Å². The molecule has 1 aliphatic carbocycles. The van der Waals surface area contributed by atoms with Crippen LogP contribution in [0.5, 0.6) is 0 Å². The highest BCUT2D eigenvalue weighted by atomic mass is 19.1. The summed E-state index contributed by atoms with van der Waals surface area (Å²) in [6.07, 6.45) is 6.10. The Labute approximate surface area is 218 Å². The van der Waals surface area contributed by atoms with Crippen LogP contribution in [0.4, 0.5) is 27.7 Å². The summed E-state index contributed by atoms with van der Waals surface area (Å²) < 4.78 is 16.9. The third-order valence-corrected chi connectivity index (χ3v) is 7.01. The monoisotopic (exact) mass is 514 g/mol. The summed E-state index contributed by atoms with van der Waals surface area (Å²) in [6.45, 7) is 2.67. The molecule has 1 saturated carbocycles. The Bertz CT molecular complexity index is 1550. The quantitative estimate of drug-likeness (QED) is 0.339. The fourth-order valence-corrected chi connectivity index (χ4v) is 4.98. The van der Waals surface area contributed by atoms with Crippen LogP contribution in [0, 0.1) is 5.82 Å². The van der Waals surface area contributed by atoms with Crippen molar-refractivity contribution < 1.29 is 14.3 Å². The highest BCUT2D eigenvalue weighted by Gasteiger charge is 2.33. The molecule has 0 unspecified atom stereocenters. The van der Waals surface area contributed by atoms with Gasteiger partial charge in [0.15, 0.2) is 5.82 Å². The highest BCUT2D eigenvalue weighted by Crippen LogP contribution is 2.42. The first-order chi connectivity index (χ1) is 18.4. The molecule has 0 atom stereocenters. The standard InChI is InChI=1S/C27H27FN8O2/c1-2-35-13-18(12-30-35)31-27-33-24(32-26(29)34-27)19-4-3-5-22(20(19)14-37)36-9-8-16-10-17(15-6-7-15)11-21(28)23(16)25(36)38/h3-5,10-13,15,37H,2,6-9,14H2,1H3,(H3,29,31,32,33,34). The maximum Gasteiger partial charge on any atom is 0.261 e. The summed E-state index contributed by atoms with van der Waals surface area (Å²) in [5.74, 6) is -0.0776. The number of benzene rings is 2. The lowest BCUT2D eigenvalue weighted by atomic mass is 9.93. The zero-order chi connectivity index (χ0) is 26.4. The Balaban J connectivity index is 1.35. The number of carbonyl (C=O) groups is 1. The number of hydrogen-bond donors (Lipinski definition) is 3. The van der Waals surface area contributed by atoms with E-state index in [1.807, 2.05) is 19.2 Å². The number of aryl methyl sites for hydroxylation is 1. The fraction of sp³-hybridized carbons (Fsp3) is 0.296. The van der Waals surface area contributed by atoms with Gasteiger partial charge in [0.25, 0.3) is 5.91 Å². The second-order valence-corrected chi connectivity index (χ2v) is 9.53. The Kier molecular flexibility index (Phi) is 5.99. The molecule has 2 aromatic carbocycles. The number of anilines is 4. The van der Waals surface area contributed by atoms with Crippen LogP contribution in [-0.4, -0.2) is 42.3 Å². The lowest BCUT2D eigenvalue weighted by molar-refractivity contribution is 0.0976. The topological polar surface area (TPSA) is 135 Å². The van der Waals surface area contributed by atoms with Crippen molar-refractivity contribution in [3.63, 3.8) is 0 Å². The minimum absolute atomic E-state index is 0.00816. The van der Waals surface area contributed by atoms with Crippen LogP contribution < -0.4 is 16.0 Å². The Morgan fingerprint density at radius 2 is 2.05 bits per heavy atom. The van der Waals surface area contributed by atoms with E-state index in [2.05, 4.69) is 25.4 Å². The molecule has 4 N–H and O–H groups in total. The Morgan fingerprint density at radius 3 is 2.79 bits per heavy atom. The van der Waals surface area contributed by atoms with E-state index < -0.39 is 11.7 Å². The smallest absolute Gasteiger partial charge is 0.261 e. The van der Waals surface area contributed by atoms with Crippen LogP contribution in [0.3, 0.4) is 0 Å². The van der Waals surface area contributed by atoms with Gasteiger partial charge < -0.3 is 21.1 Å². The average Bonchev–Trinajstić information content (AvgIpc) is 3.67. The summed E-state index contributed by atoms with van der Waals surface area (Å²) in [5, 5.41) is 17.7. The van der Waals surface area contributed by atoms with Gasteiger partial charge in [-0.25, -0.2) is 4.39 Å². The summed E-state index contributed by atoms with van der Waals surface area (Å²) in [5.41, 5.74) is 9.89. The molecule has 0 bridgehead atoms. The SMILES string of the molecule is CCn1cc(Nc2nc(N)nc(-c3cccc(N4CCc5cc(C6CC6)cc(F)c5C4=O)c3CO)n2)cn1. The van der Waals surface area contributed by atoms with E-state index in [1.165, 1.54) is 11.0 Å². The molecule has 4 aromatic rings. The van der Waals surface area contributed by atoms with Gasteiger partial charge in [-0.1, -0.05) is 18.2 Å². The maximum atomic E-state index is 15.1. The predicted octanol–water partition coefficient (Wildman–Crippen LogP) is 3.79. The van der Waals surface area contributed by atoms with Crippen molar-refractivity contribution in [1.82, 2.24) is 24.7 Å². The van der Waals surface area contributed by atoms with E-state index in [-0.39, 0.29) is 29.9 Å². The first-order valence-corrected chi connectivity index (χ1v) is 12.6. The van der Waals surface area contributed by atoms with Crippen molar-refractivity contribution in [1.29, 1.82) is 0 Å². The second-order valence-electron chi connectivity index (χ2n) is 9.53. The third-order valence-electron chi connectivity index (χ3n) is 7.01. The van der Waals surface area contributed by atoms with Gasteiger partial charge in [0.1, 0.15) is 5.82 Å².